The Balaban J connectivity index is 3.12. The number of aryl methyl sites for hydroxylation is 1. The van der Waals surface area contributed by atoms with Crippen LogP contribution in [0.25, 0.3) is 0 Å². The van der Waals surface area contributed by atoms with Crippen LogP contribution < -0.4 is 5.73 Å². The zero-order chi connectivity index (χ0) is 10.9. The number of aromatic nitrogens is 1. The van der Waals surface area contributed by atoms with Gasteiger partial charge in [-0.25, -0.2) is 4.98 Å². The van der Waals surface area contributed by atoms with Crippen LogP contribution in [0.5, 0.6) is 0 Å². The summed E-state index contributed by atoms with van der Waals surface area (Å²) in [7, 11) is 0. The first-order chi connectivity index (χ1) is 6.36. The highest BCUT2D eigenvalue weighted by Crippen LogP contribution is 2.33. The maximum absolute atomic E-state index is 12.2. The molecule has 0 aliphatic carbocycles. The summed E-state index contributed by atoms with van der Waals surface area (Å²) in [5, 5.41) is -1.01. The molecule has 1 heterocycles. The zero-order valence-electron chi connectivity index (χ0n) is 7.18. The first kappa shape index (κ1) is 11.1. The van der Waals surface area contributed by atoms with E-state index in [0.29, 0.717) is 11.3 Å². The number of alkyl halides is 3. The Kier molecular flexibility index (Phi) is 2.91. The van der Waals surface area contributed by atoms with Crippen molar-refractivity contribution in [3.8, 4) is 0 Å². The lowest BCUT2D eigenvalue weighted by molar-refractivity contribution is -0.137. The molecule has 1 rings (SSSR count). The zero-order valence-corrected chi connectivity index (χ0v) is 8.00. The number of halogens is 3. The van der Waals surface area contributed by atoms with Crippen LogP contribution in [0.3, 0.4) is 0 Å². The molecule has 0 saturated carbocycles. The van der Waals surface area contributed by atoms with Gasteiger partial charge in [0.15, 0.2) is 10.8 Å². The predicted molar refractivity (Wildman–Crippen MR) is 45.2 cm³/mol. The molecule has 3 nitrogen and oxygen atoms in total. The van der Waals surface area contributed by atoms with Crippen molar-refractivity contribution in [1.82, 2.24) is 4.98 Å². The van der Waals surface area contributed by atoms with E-state index in [1.807, 2.05) is 0 Å². The van der Waals surface area contributed by atoms with Crippen molar-refractivity contribution in [1.29, 1.82) is 0 Å². The van der Waals surface area contributed by atoms with Gasteiger partial charge in [0.05, 0.1) is 17.1 Å². The highest BCUT2D eigenvalue weighted by Gasteiger charge is 2.36. The van der Waals surface area contributed by atoms with Gasteiger partial charge in [0.25, 0.3) is 0 Å². The third-order valence-electron chi connectivity index (χ3n) is 1.48. The van der Waals surface area contributed by atoms with Crippen LogP contribution in [0.4, 0.5) is 13.2 Å². The van der Waals surface area contributed by atoms with Crippen molar-refractivity contribution in [3.05, 3.63) is 15.6 Å². The molecular weight excluding hydrogens is 217 g/mol. The first-order valence-electron chi connectivity index (χ1n) is 3.64. The van der Waals surface area contributed by atoms with Crippen LogP contribution >= 0.6 is 11.3 Å². The smallest absolute Gasteiger partial charge is 0.324 e. The molecule has 0 aliphatic rings. The van der Waals surface area contributed by atoms with Gasteiger partial charge in [-0.2, -0.15) is 13.2 Å². The van der Waals surface area contributed by atoms with Crippen LogP contribution in [0.15, 0.2) is 0 Å². The SMILES string of the molecule is Cc1nc(C(F)(F)F)sc1C(=O)CN. The maximum atomic E-state index is 12.2. The third kappa shape index (κ3) is 2.10. The summed E-state index contributed by atoms with van der Waals surface area (Å²) >= 11 is 0.333. The van der Waals surface area contributed by atoms with E-state index in [4.69, 9.17) is 5.73 Å². The van der Waals surface area contributed by atoms with Crippen molar-refractivity contribution < 1.29 is 18.0 Å². The van der Waals surface area contributed by atoms with Crippen LogP contribution in [-0.2, 0) is 6.18 Å². The summed E-state index contributed by atoms with van der Waals surface area (Å²) in [4.78, 5) is 14.3. The lowest BCUT2D eigenvalue weighted by Gasteiger charge is -1.98. The molecule has 1 aromatic heterocycles. The van der Waals surface area contributed by atoms with Gasteiger partial charge in [0.1, 0.15) is 0 Å². The predicted octanol–water partition coefficient (Wildman–Crippen LogP) is 1.61. The standard InChI is InChI=1S/C7H7F3N2OS/c1-3-5(4(13)2-11)14-6(12-3)7(8,9)10/h2,11H2,1H3. The number of Topliss-reactive ketones (excluding diaryl/α,β-unsaturated/α-hetero) is 1. The molecule has 0 aliphatic heterocycles. The Morgan fingerprint density at radius 3 is 2.50 bits per heavy atom. The minimum atomic E-state index is -4.50. The molecule has 0 spiro atoms. The van der Waals surface area contributed by atoms with E-state index in [1.54, 1.807) is 0 Å². The Hall–Kier alpha value is -0.950. The second kappa shape index (κ2) is 3.66. The molecule has 14 heavy (non-hydrogen) atoms. The van der Waals surface area contributed by atoms with Gasteiger partial charge < -0.3 is 5.73 Å². The molecule has 0 aromatic carbocycles. The van der Waals surface area contributed by atoms with Gasteiger partial charge >= 0.3 is 6.18 Å². The highest BCUT2D eigenvalue weighted by atomic mass is 32.1. The van der Waals surface area contributed by atoms with Crippen molar-refractivity contribution >= 4 is 17.1 Å². The minimum Gasteiger partial charge on any atom is -0.324 e. The number of nitrogens with zero attached hydrogens (tertiary/aromatic N) is 1. The first-order valence-corrected chi connectivity index (χ1v) is 4.45. The molecule has 0 bridgehead atoms. The molecule has 1 aromatic rings. The third-order valence-corrected chi connectivity index (χ3v) is 2.72. The van der Waals surface area contributed by atoms with Gasteiger partial charge in [-0.1, -0.05) is 0 Å². The van der Waals surface area contributed by atoms with Crippen molar-refractivity contribution in [2.24, 2.45) is 5.73 Å². The van der Waals surface area contributed by atoms with Crippen molar-refractivity contribution in [2.45, 2.75) is 13.1 Å². The molecule has 0 atom stereocenters. The highest BCUT2D eigenvalue weighted by molar-refractivity contribution is 7.14. The summed E-state index contributed by atoms with van der Waals surface area (Å²) in [6.07, 6.45) is -4.50. The molecule has 0 saturated heterocycles. The van der Waals surface area contributed by atoms with E-state index in [1.165, 1.54) is 6.92 Å². The largest absolute Gasteiger partial charge is 0.443 e. The number of hydrogen-bond donors (Lipinski definition) is 1. The van der Waals surface area contributed by atoms with E-state index in [2.05, 4.69) is 4.98 Å². The number of carbonyl (C=O) groups excluding carboxylic acids is 1. The molecule has 78 valence electrons. The van der Waals surface area contributed by atoms with E-state index < -0.39 is 17.0 Å². The lowest BCUT2D eigenvalue weighted by Crippen LogP contribution is -2.13. The van der Waals surface area contributed by atoms with E-state index in [9.17, 15) is 18.0 Å². The van der Waals surface area contributed by atoms with E-state index in [-0.39, 0.29) is 17.1 Å². The van der Waals surface area contributed by atoms with Crippen molar-refractivity contribution in [2.75, 3.05) is 6.54 Å². The van der Waals surface area contributed by atoms with Gasteiger partial charge in [0.2, 0.25) is 0 Å². The maximum Gasteiger partial charge on any atom is 0.443 e. The number of hydrogen-bond acceptors (Lipinski definition) is 4. The summed E-state index contributed by atoms with van der Waals surface area (Å²) in [5.41, 5.74) is 5.12. The molecule has 0 amide bonds. The van der Waals surface area contributed by atoms with Gasteiger partial charge in [-0.3, -0.25) is 4.79 Å². The number of nitrogens with two attached hydrogens (primary N) is 1. The molecule has 0 fully saturated rings. The van der Waals surface area contributed by atoms with Gasteiger partial charge in [0, 0.05) is 0 Å². The fraction of sp³-hybridized carbons (Fsp3) is 0.429. The Labute approximate surface area is 81.7 Å². The van der Waals surface area contributed by atoms with Crippen LogP contribution in [0.1, 0.15) is 20.4 Å². The molecule has 7 heteroatoms. The lowest BCUT2D eigenvalue weighted by atomic mass is 10.3. The number of ketones is 1. The average molecular weight is 224 g/mol. The Morgan fingerprint density at radius 1 is 1.57 bits per heavy atom. The van der Waals surface area contributed by atoms with Gasteiger partial charge in [-0.05, 0) is 6.92 Å². The van der Waals surface area contributed by atoms with E-state index >= 15 is 0 Å². The molecule has 0 unspecified atom stereocenters. The van der Waals surface area contributed by atoms with E-state index in [0.717, 1.165) is 0 Å². The van der Waals surface area contributed by atoms with Crippen LogP contribution in [-0.4, -0.2) is 17.3 Å². The van der Waals surface area contributed by atoms with Crippen LogP contribution in [0, 0.1) is 6.92 Å². The summed E-state index contributed by atoms with van der Waals surface area (Å²) in [6, 6.07) is 0. The molecule has 2 N–H and O–H groups in total. The molecule has 0 radical (unpaired) electrons. The quantitative estimate of drug-likeness (QED) is 0.776. The fourth-order valence-corrected chi connectivity index (χ4v) is 1.75. The normalized spacial score (nSPS) is 11.8. The van der Waals surface area contributed by atoms with Gasteiger partial charge in [-0.15, -0.1) is 11.3 Å². The molecular formula is C7H7F3N2OS. The monoisotopic (exact) mass is 224 g/mol. The minimum absolute atomic E-state index is 0.0141. The summed E-state index contributed by atoms with van der Waals surface area (Å²) < 4.78 is 36.5. The number of carbonyl (C=O) groups is 1. The average Bonchev–Trinajstić information content (AvgIpc) is 2.45. The Morgan fingerprint density at radius 2 is 2.14 bits per heavy atom. The second-order valence-corrected chi connectivity index (χ2v) is 3.56. The number of thiazole rings is 1. The van der Waals surface area contributed by atoms with Crippen LogP contribution in [0.2, 0.25) is 0 Å². The summed E-state index contributed by atoms with van der Waals surface area (Å²) in [5.74, 6) is -0.518. The van der Waals surface area contributed by atoms with Crippen molar-refractivity contribution in [3.63, 3.8) is 0 Å². The Bertz CT molecular complexity index is 358. The number of rotatable bonds is 2. The fourth-order valence-electron chi connectivity index (χ4n) is 0.869. The second-order valence-electron chi connectivity index (χ2n) is 2.56. The summed E-state index contributed by atoms with van der Waals surface area (Å²) in [6.45, 7) is 1.05. The topological polar surface area (TPSA) is 56.0 Å².